The van der Waals surface area contributed by atoms with E-state index in [1.165, 1.54) is 5.75 Å². The molecule has 4 nitrogen and oxygen atoms in total. The van der Waals surface area contributed by atoms with E-state index in [0.717, 1.165) is 43.6 Å². The highest BCUT2D eigenvalue weighted by Crippen LogP contribution is 2.23. The predicted molar refractivity (Wildman–Crippen MR) is 109 cm³/mol. The highest BCUT2D eigenvalue weighted by atomic mass is 32.2. The number of hydrogen-bond acceptors (Lipinski definition) is 4. The van der Waals surface area contributed by atoms with Gasteiger partial charge in [0.25, 0.3) is 5.91 Å². The number of hydrogen-bond donors (Lipinski definition) is 2. The molecule has 1 amide bonds. The molecule has 0 bridgehead atoms. The van der Waals surface area contributed by atoms with Gasteiger partial charge in [0.15, 0.2) is 0 Å². The molecule has 5 heteroatoms. The van der Waals surface area contributed by atoms with Gasteiger partial charge in [0, 0.05) is 37.0 Å². The van der Waals surface area contributed by atoms with Crippen LogP contribution in [-0.4, -0.2) is 53.6 Å². The number of nitrogens with zero attached hydrogens (tertiary/aromatic N) is 1. The van der Waals surface area contributed by atoms with Gasteiger partial charge in [-0.2, -0.15) is 11.8 Å². The fraction of sp³-hybridized carbons (Fsp3) is 0.381. The minimum atomic E-state index is -0.00630. The van der Waals surface area contributed by atoms with Crippen molar-refractivity contribution < 1.29 is 9.90 Å². The Hall–Kier alpha value is -1.98. The molecule has 0 aliphatic carbocycles. The summed E-state index contributed by atoms with van der Waals surface area (Å²) in [5, 5.41) is 12.6. The minimum absolute atomic E-state index is 0.00630. The maximum atomic E-state index is 12.6. The second-order valence-electron chi connectivity index (χ2n) is 6.71. The van der Waals surface area contributed by atoms with Crippen molar-refractivity contribution in [1.29, 1.82) is 0 Å². The lowest BCUT2D eigenvalue weighted by Gasteiger charge is -2.32. The van der Waals surface area contributed by atoms with Crippen molar-refractivity contribution in [1.82, 2.24) is 10.2 Å². The molecule has 0 saturated carbocycles. The zero-order valence-electron chi connectivity index (χ0n) is 15.1. The Morgan fingerprint density at radius 3 is 2.58 bits per heavy atom. The molecule has 2 N–H and O–H groups in total. The Bertz CT molecular complexity index is 725. The van der Waals surface area contributed by atoms with Crippen molar-refractivity contribution in [2.45, 2.75) is 18.9 Å². The van der Waals surface area contributed by atoms with Crippen molar-refractivity contribution >= 4 is 17.7 Å². The van der Waals surface area contributed by atoms with Crippen molar-refractivity contribution in [3.63, 3.8) is 0 Å². The average molecular weight is 371 g/mol. The van der Waals surface area contributed by atoms with E-state index in [4.69, 9.17) is 0 Å². The van der Waals surface area contributed by atoms with Crippen LogP contribution in [0.5, 0.6) is 5.75 Å². The van der Waals surface area contributed by atoms with Crippen LogP contribution in [0.15, 0.2) is 48.5 Å². The molecule has 0 atom stereocenters. The number of phenols is 1. The van der Waals surface area contributed by atoms with Crippen LogP contribution in [0.4, 0.5) is 0 Å². The van der Waals surface area contributed by atoms with E-state index >= 15 is 0 Å². The molecule has 26 heavy (non-hydrogen) atoms. The second-order valence-corrected chi connectivity index (χ2v) is 7.70. The number of benzene rings is 2. The molecule has 1 saturated heterocycles. The van der Waals surface area contributed by atoms with Gasteiger partial charge in [-0.25, -0.2) is 0 Å². The van der Waals surface area contributed by atoms with E-state index in [0.29, 0.717) is 5.56 Å². The summed E-state index contributed by atoms with van der Waals surface area (Å²) in [5.74, 6) is 1.40. The zero-order valence-corrected chi connectivity index (χ0v) is 16.0. The third-order valence-electron chi connectivity index (χ3n) is 4.86. The van der Waals surface area contributed by atoms with Gasteiger partial charge in [-0.1, -0.05) is 24.3 Å². The molecule has 0 unspecified atom stereocenters. The number of carbonyl (C=O) groups is 1. The number of carbonyl (C=O) groups excluding carboxylic acids is 1. The van der Waals surface area contributed by atoms with Crippen LogP contribution < -0.4 is 5.32 Å². The molecule has 1 aliphatic heterocycles. The standard InChI is InChI=1S/C21H26N2O2S/c1-26-14-13-23-11-9-19(10-12-23)22-21(25)18-4-2-3-17(15-18)16-5-7-20(24)8-6-16/h2-8,15,19,24H,9-14H2,1H3,(H,22,25). The van der Waals surface area contributed by atoms with Crippen LogP contribution in [0.1, 0.15) is 23.2 Å². The summed E-state index contributed by atoms with van der Waals surface area (Å²) >= 11 is 1.88. The summed E-state index contributed by atoms with van der Waals surface area (Å²) in [6.07, 6.45) is 4.16. The number of amides is 1. The first kappa shape index (κ1) is 18.8. The van der Waals surface area contributed by atoms with Crippen molar-refractivity contribution in [3.8, 4) is 16.9 Å². The van der Waals surface area contributed by atoms with E-state index in [-0.39, 0.29) is 17.7 Å². The molecular weight excluding hydrogens is 344 g/mol. The first-order valence-electron chi connectivity index (χ1n) is 9.07. The second kappa shape index (κ2) is 9.10. The van der Waals surface area contributed by atoms with E-state index in [2.05, 4.69) is 16.5 Å². The number of phenolic OH excluding ortho intramolecular Hbond substituents is 1. The van der Waals surface area contributed by atoms with Crippen LogP contribution in [0.25, 0.3) is 11.1 Å². The van der Waals surface area contributed by atoms with E-state index in [1.807, 2.05) is 48.2 Å². The maximum absolute atomic E-state index is 12.6. The molecular formula is C21H26N2O2S. The highest BCUT2D eigenvalue weighted by Gasteiger charge is 2.20. The van der Waals surface area contributed by atoms with Gasteiger partial charge in [0.05, 0.1) is 0 Å². The maximum Gasteiger partial charge on any atom is 0.251 e. The van der Waals surface area contributed by atoms with Crippen LogP contribution >= 0.6 is 11.8 Å². The van der Waals surface area contributed by atoms with Gasteiger partial charge >= 0.3 is 0 Å². The first-order valence-corrected chi connectivity index (χ1v) is 10.5. The normalized spacial score (nSPS) is 15.7. The van der Waals surface area contributed by atoms with Gasteiger partial charge in [-0.05, 0) is 54.5 Å². The summed E-state index contributed by atoms with van der Waals surface area (Å²) < 4.78 is 0. The quantitative estimate of drug-likeness (QED) is 0.815. The van der Waals surface area contributed by atoms with E-state index in [9.17, 15) is 9.90 Å². The van der Waals surface area contributed by atoms with E-state index in [1.54, 1.807) is 12.1 Å². The van der Waals surface area contributed by atoms with Gasteiger partial charge < -0.3 is 15.3 Å². The molecule has 2 aromatic rings. The Balaban J connectivity index is 1.59. The largest absolute Gasteiger partial charge is 0.508 e. The predicted octanol–water partition coefficient (Wildman–Crippen LogP) is 3.62. The van der Waals surface area contributed by atoms with Gasteiger partial charge in [-0.15, -0.1) is 0 Å². The Morgan fingerprint density at radius 2 is 1.88 bits per heavy atom. The molecule has 0 spiro atoms. The molecule has 1 fully saturated rings. The van der Waals surface area contributed by atoms with Gasteiger partial charge in [0.2, 0.25) is 0 Å². The van der Waals surface area contributed by atoms with Crippen LogP contribution in [0, 0.1) is 0 Å². The summed E-state index contributed by atoms with van der Waals surface area (Å²) in [6.45, 7) is 3.24. The van der Waals surface area contributed by atoms with Crippen molar-refractivity contribution in [2.24, 2.45) is 0 Å². The zero-order chi connectivity index (χ0) is 18.4. The molecule has 0 radical (unpaired) electrons. The van der Waals surface area contributed by atoms with Crippen LogP contribution in [-0.2, 0) is 0 Å². The first-order chi connectivity index (χ1) is 12.7. The smallest absolute Gasteiger partial charge is 0.251 e. The van der Waals surface area contributed by atoms with Gasteiger partial charge in [0.1, 0.15) is 5.75 Å². The number of nitrogens with one attached hydrogen (secondary N) is 1. The molecule has 1 aliphatic rings. The Kier molecular flexibility index (Phi) is 6.58. The van der Waals surface area contributed by atoms with Crippen molar-refractivity contribution in [2.75, 3.05) is 31.6 Å². The summed E-state index contributed by atoms with van der Waals surface area (Å²) in [6, 6.07) is 14.9. The third kappa shape index (κ3) is 5.02. The number of rotatable bonds is 6. The summed E-state index contributed by atoms with van der Waals surface area (Å²) in [7, 11) is 0. The Morgan fingerprint density at radius 1 is 1.15 bits per heavy atom. The fourth-order valence-electron chi connectivity index (χ4n) is 3.28. The highest BCUT2D eigenvalue weighted by molar-refractivity contribution is 7.98. The average Bonchev–Trinajstić information content (AvgIpc) is 2.68. The monoisotopic (exact) mass is 370 g/mol. The lowest BCUT2D eigenvalue weighted by Crippen LogP contribution is -2.45. The molecule has 3 rings (SSSR count). The molecule has 1 heterocycles. The lowest BCUT2D eigenvalue weighted by atomic mass is 10.0. The van der Waals surface area contributed by atoms with Crippen molar-refractivity contribution in [3.05, 3.63) is 54.1 Å². The van der Waals surface area contributed by atoms with Crippen LogP contribution in [0.2, 0.25) is 0 Å². The summed E-state index contributed by atoms with van der Waals surface area (Å²) in [5.41, 5.74) is 2.64. The lowest BCUT2D eigenvalue weighted by molar-refractivity contribution is 0.0913. The van der Waals surface area contributed by atoms with E-state index < -0.39 is 0 Å². The number of likely N-dealkylation sites (tertiary alicyclic amines) is 1. The SMILES string of the molecule is CSCCN1CCC(NC(=O)c2cccc(-c3ccc(O)cc3)c2)CC1. The minimum Gasteiger partial charge on any atom is -0.508 e. The Labute approximate surface area is 159 Å². The topological polar surface area (TPSA) is 52.6 Å². The molecule has 2 aromatic carbocycles. The summed E-state index contributed by atoms with van der Waals surface area (Å²) in [4.78, 5) is 15.1. The van der Waals surface area contributed by atoms with Gasteiger partial charge in [-0.3, -0.25) is 4.79 Å². The molecule has 138 valence electrons. The number of aromatic hydroxyl groups is 1. The fourth-order valence-corrected chi connectivity index (χ4v) is 3.72. The number of piperidine rings is 1. The third-order valence-corrected chi connectivity index (χ3v) is 5.45. The van der Waals surface area contributed by atoms with Crippen LogP contribution in [0.3, 0.4) is 0 Å². The number of thioether (sulfide) groups is 1. The molecule has 0 aromatic heterocycles.